The van der Waals surface area contributed by atoms with Gasteiger partial charge in [0.25, 0.3) is 0 Å². The van der Waals surface area contributed by atoms with Crippen molar-refractivity contribution in [2.45, 2.75) is 168 Å². The normalized spacial score (nSPS) is 30.8. The SMILES string of the molecule is CCCCCCCC(CC(=O)O)O[C@@H]1O[C@@H](C)[C@H](OC(C)=O)[C@@H](OC(C)=O)[C@H]1O[C@@H]1O[C@@H](C)[C@H](OC(C)=O)[C@@H](OC(C)=O)[C@H]1OC(C)=O. The standard InChI is InChI=1S/C32H50O16/c1-9-10-11-12-13-14-23(15-24(38)39)47-31-30(28(45-21(7)36)26(16(2)40-31)43-19(5)34)48-32-29(46-22(8)37)27(44-20(6)35)25(17(3)41-32)42-18(4)33/h16-17,23,25-32H,9-15H2,1-8H3,(H,38,39)/t16-,17-,23?,25-,26-,27+,28+,29+,30+,31-,32-/m0/s1. The Balaban J connectivity index is 2.59. The molecule has 0 radical (unpaired) electrons. The van der Waals surface area contributed by atoms with Gasteiger partial charge in [0.05, 0.1) is 24.7 Å². The van der Waals surface area contributed by atoms with E-state index in [1.807, 2.05) is 0 Å². The van der Waals surface area contributed by atoms with Crippen LogP contribution in [0.4, 0.5) is 0 Å². The molecule has 0 spiro atoms. The van der Waals surface area contributed by atoms with Crippen LogP contribution < -0.4 is 0 Å². The number of unbranched alkanes of at least 4 members (excludes halogenated alkanes) is 4. The van der Waals surface area contributed by atoms with Crippen molar-refractivity contribution < 1.29 is 76.5 Å². The summed E-state index contributed by atoms with van der Waals surface area (Å²) in [7, 11) is 0. The minimum atomic E-state index is -1.59. The highest BCUT2D eigenvalue weighted by Gasteiger charge is 2.56. The fourth-order valence-electron chi connectivity index (χ4n) is 5.72. The zero-order valence-corrected chi connectivity index (χ0v) is 28.9. The molecule has 0 aliphatic carbocycles. The van der Waals surface area contributed by atoms with Gasteiger partial charge in [0, 0.05) is 34.6 Å². The smallest absolute Gasteiger partial charge is 0.305 e. The molecule has 11 atom stereocenters. The quantitative estimate of drug-likeness (QED) is 0.132. The monoisotopic (exact) mass is 690 g/mol. The molecular formula is C32H50O16. The summed E-state index contributed by atoms with van der Waals surface area (Å²) in [5.41, 5.74) is 0. The Labute approximate surface area is 280 Å². The molecule has 16 nitrogen and oxygen atoms in total. The molecule has 0 aromatic carbocycles. The molecule has 0 aromatic heterocycles. The molecule has 1 unspecified atom stereocenters. The summed E-state index contributed by atoms with van der Waals surface area (Å²) in [6, 6.07) is 0. The molecule has 2 aliphatic heterocycles. The number of carboxylic acids is 1. The third-order valence-corrected chi connectivity index (χ3v) is 7.61. The zero-order chi connectivity index (χ0) is 36.1. The lowest BCUT2D eigenvalue weighted by Gasteiger charge is -2.48. The van der Waals surface area contributed by atoms with Gasteiger partial charge in [0.15, 0.2) is 49.2 Å². The van der Waals surface area contributed by atoms with E-state index in [-0.39, 0.29) is 6.42 Å². The molecule has 0 aromatic rings. The van der Waals surface area contributed by atoms with Crippen molar-refractivity contribution in [2.75, 3.05) is 0 Å². The van der Waals surface area contributed by atoms with Gasteiger partial charge in [-0.05, 0) is 20.3 Å². The summed E-state index contributed by atoms with van der Waals surface area (Å²) in [6.45, 7) is 10.7. The molecular weight excluding hydrogens is 640 g/mol. The third-order valence-electron chi connectivity index (χ3n) is 7.61. The van der Waals surface area contributed by atoms with Crippen molar-refractivity contribution in [1.29, 1.82) is 0 Å². The predicted octanol–water partition coefficient (Wildman–Crippen LogP) is 2.74. The number of carboxylic acid groups (broad SMARTS) is 1. The van der Waals surface area contributed by atoms with Crippen LogP contribution in [0.5, 0.6) is 0 Å². The Hall–Kier alpha value is -3.34. The van der Waals surface area contributed by atoms with Gasteiger partial charge in [-0.15, -0.1) is 0 Å². The second-order valence-corrected chi connectivity index (χ2v) is 11.9. The van der Waals surface area contributed by atoms with Crippen LogP contribution in [0.1, 0.15) is 100 Å². The van der Waals surface area contributed by atoms with E-state index in [0.717, 1.165) is 60.3 Å². The van der Waals surface area contributed by atoms with Crippen molar-refractivity contribution in [1.82, 2.24) is 0 Å². The first-order chi connectivity index (χ1) is 22.5. The Morgan fingerprint density at radius 3 is 1.46 bits per heavy atom. The highest BCUT2D eigenvalue weighted by molar-refractivity contribution is 5.69. The van der Waals surface area contributed by atoms with Crippen molar-refractivity contribution in [3.8, 4) is 0 Å². The minimum absolute atomic E-state index is 0.355. The largest absolute Gasteiger partial charge is 0.481 e. The zero-order valence-electron chi connectivity index (χ0n) is 28.9. The number of carbonyl (C=O) groups excluding carboxylic acids is 5. The fourth-order valence-corrected chi connectivity index (χ4v) is 5.72. The van der Waals surface area contributed by atoms with E-state index in [0.29, 0.717) is 12.8 Å². The summed E-state index contributed by atoms with van der Waals surface area (Å²) < 4.78 is 52.1. The first kappa shape index (κ1) is 40.8. The molecule has 2 aliphatic rings. The number of hydrogen-bond donors (Lipinski definition) is 1. The highest BCUT2D eigenvalue weighted by atomic mass is 16.8. The van der Waals surface area contributed by atoms with E-state index >= 15 is 0 Å². The van der Waals surface area contributed by atoms with Gasteiger partial charge in [0.2, 0.25) is 0 Å². The molecule has 2 rings (SSSR count). The Morgan fingerprint density at radius 2 is 1.00 bits per heavy atom. The molecule has 1 N–H and O–H groups in total. The summed E-state index contributed by atoms with van der Waals surface area (Å²) in [6.07, 6.45) is -9.60. The maximum Gasteiger partial charge on any atom is 0.305 e. The Bertz CT molecular complexity index is 1110. The average Bonchev–Trinajstić information content (AvgIpc) is 2.95. The molecule has 0 saturated carbocycles. The first-order valence-corrected chi connectivity index (χ1v) is 16.2. The Morgan fingerprint density at radius 1 is 0.583 bits per heavy atom. The molecule has 0 bridgehead atoms. The summed E-state index contributed by atoms with van der Waals surface area (Å²) in [4.78, 5) is 72.7. The summed E-state index contributed by atoms with van der Waals surface area (Å²) in [5, 5.41) is 9.66. The maximum absolute atomic E-state index is 12.4. The van der Waals surface area contributed by atoms with E-state index in [2.05, 4.69) is 6.92 Å². The van der Waals surface area contributed by atoms with Crippen LogP contribution in [0.25, 0.3) is 0 Å². The van der Waals surface area contributed by atoms with Crippen molar-refractivity contribution in [3.63, 3.8) is 0 Å². The molecule has 0 amide bonds. The summed E-state index contributed by atoms with van der Waals surface area (Å²) >= 11 is 0. The van der Waals surface area contributed by atoms with Crippen LogP contribution in [-0.2, 0) is 71.4 Å². The van der Waals surface area contributed by atoms with Crippen LogP contribution in [0.15, 0.2) is 0 Å². The maximum atomic E-state index is 12.4. The van der Waals surface area contributed by atoms with Crippen molar-refractivity contribution in [2.24, 2.45) is 0 Å². The van der Waals surface area contributed by atoms with E-state index in [4.69, 9.17) is 42.6 Å². The molecule has 48 heavy (non-hydrogen) atoms. The highest BCUT2D eigenvalue weighted by Crippen LogP contribution is 2.36. The topological polar surface area (TPSA) is 206 Å². The molecule has 2 fully saturated rings. The van der Waals surface area contributed by atoms with Crippen LogP contribution in [0.3, 0.4) is 0 Å². The van der Waals surface area contributed by atoms with E-state index in [9.17, 15) is 33.9 Å². The van der Waals surface area contributed by atoms with Gasteiger partial charge in [-0.2, -0.15) is 0 Å². The lowest BCUT2D eigenvalue weighted by Crippen LogP contribution is -2.66. The van der Waals surface area contributed by atoms with E-state index in [1.54, 1.807) is 6.92 Å². The third kappa shape index (κ3) is 12.9. The second kappa shape index (κ2) is 19.6. The van der Waals surface area contributed by atoms with Gasteiger partial charge in [-0.3, -0.25) is 28.8 Å². The van der Waals surface area contributed by atoms with Gasteiger partial charge < -0.3 is 47.7 Å². The van der Waals surface area contributed by atoms with Gasteiger partial charge in [0.1, 0.15) is 0 Å². The van der Waals surface area contributed by atoms with Crippen LogP contribution in [0, 0.1) is 0 Å². The minimum Gasteiger partial charge on any atom is -0.481 e. The molecule has 2 saturated heterocycles. The number of hydrogen-bond acceptors (Lipinski definition) is 15. The molecule has 2 heterocycles. The van der Waals surface area contributed by atoms with Crippen LogP contribution >= 0.6 is 0 Å². The number of aliphatic carboxylic acids is 1. The van der Waals surface area contributed by atoms with Crippen LogP contribution in [-0.4, -0.2) is 108 Å². The lowest BCUT2D eigenvalue weighted by atomic mass is 9.96. The molecule has 16 heteroatoms. The first-order valence-electron chi connectivity index (χ1n) is 16.2. The lowest BCUT2D eigenvalue weighted by molar-refractivity contribution is -0.367. The van der Waals surface area contributed by atoms with E-state index < -0.39 is 103 Å². The van der Waals surface area contributed by atoms with Crippen molar-refractivity contribution >= 4 is 35.8 Å². The second-order valence-electron chi connectivity index (χ2n) is 11.9. The number of ether oxygens (including phenoxy) is 9. The van der Waals surface area contributed by atoms with E-state index in [1.165, 1.54) is 6.92 Å². The predicted molar refractivity (Wildman–Crippen MR) is 162 cm³/mol. The van der Waals surface area contributed by atoms with Crippen LogP contribution in [0.2, 0.25) is 0 Å². The Kier molecular flexibility index (Phi) is 16.7. The average molecular weight is 691 g/mol. The van der Waals surface area contributed by atoms with Gasteiger partial charge in [-0.25, -0.2) is 0 Å². The number of rotatable bonds is 17. The molecule has 274 valence electrons. The van der Waals surface area contributed by atoms with Gasteiger partial charge >= 0.3 is 35.8 Å². The van der Waals surface area contributed by atoms with Gasteiger partial charge in [-0.1, -0.05) is 39.0 Å². The number of carbonyl (C=O) groups is 6. The number of esters is 5. The van der Waals surface area contributed by atoms with Crippen molar-refractivity contribution in [3.05, 3.63) is 0 Å². The fraction of sp³-hybridized carbons (Fsp3) is 0.812. The summed E-state index contributed by atoms with van der Waals surface area (Å²) in [5.74, 6) is -4.97.